The third-order valence-corrected chi connectivity index (χ3v) is 4.56. The molecule has 3 aromatic rings. The lowest BCUT2D eigenvalue weighted by Gasteiger charge is -2.32. The van der Waals surface area contributed by atoms with E-state index in [0.29, 0.717) is 28.2 Å². The van der Waals surface area contributed by atoms with Crippen LogP contribution in [0.1, 0.15) is 6.92 Å². The second kappa shape index (κ2) is 6.07. The predicted molar refractivity (Wildman–Crippen MR) is 94.1 cm³/mol. The van der Waals surface area contributed by atoms with Crippen LogP contribution >= 0.6 is 11.6 Å². The summed E-state index contributed by atoms with van der Waals surface area (Å²) in [6.45, 7) is 4.77. The number of hydrogen-bond donors (Lipinski definition) is 1. The van der Waals surface area contributed by atoms with Crippen molar-refractivity contribution in [2.24, 2.45) is 0 Å². The lowest BCUT2D eigenvalue weighted by Crippen LogP contribution is -2.50. The molecule has 0 spiro atoms. The molecule has 0 amide bonds. The van der Waals surface area contributed by atoms with Gasteiger partial charge in [0.2, 0.25) is 0 Å². The highest BCUT2D eigenvalue weighted by molar-refractivity contribution is 6.31. The Kier molecular flexibility index (Phi) is 3.90. The van der Waals surface area contributed by atoms with Crippen molar-refractivity contribution in [1.82, 2.24) is 10.3 Å². The summed E-state index contributed by atoms with van der Waals surface area (Å²) in [5, 5.41) is 3.93. The van der Waals surface area contributed by atoms with E-state index in [4.69, 9.17) is 16.0 Å². The molecule has 0 bridgehead atoms. The number of nitrogens with zero attached hydrogens (tertiary/aromatic N) is 2. The number of halogens is 2. The minimum atomic E-state index is -0.273. The Bertz CT molecular complexity index is 878. The van der Waals surface area contributed by atoms with Gasteiger partial charge in [0.15, 0.2) is 5.58 Å². The van der Waals surface area contributed by atoms with E-state index in [2.05, 4.69) is 22.1 Å². The van der Waals surface area contributed by atoms with Crippen molar-refractivity contribution < 1.29 is 8.81 Å². The third-order valence-electron chi connectivity index (χ3n) is 4.35. The summed E-state index contributed by atoms with van der Waals surface area (Å²) >= 11 is 6.25. The van der Waals surface area contributed by atoms with Crippen molar-refractivity contribution in [3.8, 4) is 11.1 Å². The molecule has 4 rings (SSSR count). The molecule has 1 unspecified atom stereocenters. The Morgan fingerprint density at radius 3 is 2.83 bits per heavy atom. The summed E-state index contributed by atoms with van der Waals surface area (Å²) in [6.07, 6.45) is 0. The molecule has 0 radical (unpaired) electrons. The zero-order chi connectivity index (χ0) is 16.7. The van der Waals surface area contributed by atoms with Crippen LogP contribution in [0.15, 0.2) is 40.8 Å². The van der Waals surface area contributed by atoms with Crippen molar-refractivity contribution >= 4 is 28.7 Å². The largest absolute Gasteiger partial charge is 0.423 e. The van der Waals surface area contributed by atoms with Crippen LogP contribution in [0, 0.1) is 5.82 Å². The van der Waals surface area contributed by atoms with E-state index in [1.807, 2.05) is 6.07 Å². The highest BCUT2D eigenvalue weighted by Crippen LogP contribution is 2.35. The molecular formula is C18H17ClFN3O. The Balaban J connectivity index is 1.84. The number of piperazine rings is 1. The Labute approximate surface area is 144 Å². The lowest BCUT2D eigenvalue weighted by atomic mass is 10.0. The highest BCUT2D eigenvalue weighted by atomic mass is 35.5. The van der Waals surface area contributed by atoms with Gasteiger partial charge in [-0.25, -0.2) is 4.39 Å². The van der Waals surface area contributed by atoms with Gasteiger partial charge < -0.3 is 14.6 Å². The van der Waals surface area contributed by atoms with Crippen LogP contribution in [0.4, 0.5) is 10.4 Å². The molecule has 0 saturated carbocycles. The van der Waals surface area contributed by atoms with Gasteiger partial charge in [0.05, 0.1) is 0 Å². The normalized spacial score (nSPS) is 18.3. The number of aromatic nitrogens is 1. The molecule has 1 N–H and O–H groups in total. The molecule has 1 aliphatic rings. The molecule has 124 valence electrons. The maximum Gasteiger partial charge on any atom is 0.298 e. The van der Waals surface area contributed by atoms with Crippen LogP contribution in [-0.2, 0) is 0 Å². The number of hydrogen-bond acceptors (Lipinski definition) is 4. The molecule has 1 fully saturated rings. The topological polar surface area (TPSA) is 41.3 Å². The molecule has 1 aliphatic heterocycles. The lowest BCUT2D eigenvalue weighted by molar-refractivity contribution is 0.456. The van der Waals surface area contributed by atoms with Crippen LogP contribution < -0.4 is 10.2 Å². The van der Waals surface area contributed by atoms with E-state index in [9.17, 15) is 4.39 Å². The monoisotopic (exact) mass is 345 g/mol. The van der Waals surface area contributed by atoms with E-state index in [1.54, 1.807) is 18.2 Å². The Hall–Kier alpha value is -2.11. The minimum Gasteiger partial charge on any atom is -0.423 e. The summed E-state index contributed by atoms with van der Waals surface area (Å²) in [6, 6.07) is 10.8. The van der Waals surface area contributed by atoms with Gasteiger partial charge in [0.1, 0.15) is 11.3 Å². The molecule has 1 aromatic heterocycles. The number of anilines is 1. The number of nitrogens with one attached hydrogen (secondary N) is 1. The molecular weight excluding hydrogens is 329 g/mol. The molecule has 0 aliphatic carbocycles. The van der Waals surface area contributed by atoms with Gasteiger partial charge in [-0.1, -0.05) is 23.7 Å². The van der Waals surface area contributed by atoms with Gasteiger partial charge >= 0.3 is 0 Å². The second-order valence-electron chi connectivity index (χ2n) is 6.05. The van der Waals surface area contributed by atoms with E-state index in [1.165, 1.54) is 12.1 Å². The van der Waals surface area contributed by atoms with Crippen LogP contribution in [0.25, 0.3) is 22.2 Å². The molecule has 1 atom stereocenters. The van der Waals surface area contributed by atoms with Crippen molar-refractivity contribution in [3.05, 3.63) is 47.2 Å². The molecule has 2 aromatic carbocycles. The average molecular weight is 346 g/mol. The van der Waals surface area contributed by atoms with Gasteiger partial charge in [-0.05, 0) is 36.8 Å². The van der Waals surface area contributed by atoms with Crippen molar-refractivity contribution in [2.75, 3.05) is 24.5 Å². The summed E-state index contributed by atoms with van der Waals surface area (Å²) < 4.78 is 19.3. The zero-order valence-electron chi connectivity index (χ0n) is 13.2. The first-order valence-electron chi connectivity index (χ1n) is 7.95. The first-order chi connectivity index (χ1) is 11.6. The van der Waals surface area contributed by atoms with Gasteiger partial charge in [-0.2, -0.15) is 4.98 Å². The third kappa shape index (κ3) is 2.74. The molecule has 6 heteroatoms. The van der Waals surface area contributed by atoms with Gasteiger partial charge in [0.25, 0.3) is 6.01 Å². The quantitative estimate of drug-likeness (QED) is 0.759. The fraction of sp³-hybridized carbons (Fsp3) is 0.278. The van der Waals surface area contributed by atoms with Crippen molar-refractivity contribution in [2.45, 2.75) is 13.0 Å². The molecule has 1 saturated heterocycles. The Morgan fingerprint density at radius 1 is 1.29 bits per heavy atom. The average Bonchev–Trinajstić information content (AvgIpc) is 2.99. The maximum absolute atomic E-state index is 13.2. The van der Waals surface area contributed by atoms with E-state index >= 15 is 0 Å². The molecule has 2 heterocycles. The predicted octanol–water partition coefficient (Wildman–Crippen LogP) is 4.09. The maximum atomic E-state index is 13.2. The molecule has 24 heavy (non-hydrogen) atoms. The highest BCUT2D eigenvalue weighted by Gasteiger charge is 2.24. The first kappa shape index (κ1) is 15.4. The Morgan fingerprint density at radius 2 is 2.08 bits per heavy atom. The van der Waals surface area contributed by atoms with E-state index < -0.39 is 0 Å². The zero-order valence-corrected chi connectivity index (χ0v) is 14.0. The standard InChI is InChI=1S/C18H17ClFN3O/c1-11-10-21-6-7-23(11)18-22-16-9-13(19)8-15(17(16)24-18)12-2-4-14(20)5-3-12/h2-5,8-9,11,21H,6-7,10H2,1H3. The first-order valence-corrected chi connectivity index (χ1v) is 8.33. The van der Waals surface area contributed by atoms with Gasteiger partial charge in [-0.15, -0.1) is 0 Å². The number of oxazole rings is 1. The summed E-state index contributed by atoms with van der Waals surface area (Å²) in [4.78, 5) is 6.78. The van der Waals surface area contributed by atoms with Gasteiger partial charge in [0, 0.05) is 36.3 Å². The van der Waals surface area contributed by atoms with Crippen LogP contribution in [-0.4, -0.2) is 30.7 Å². The summed E-state index contributed by atoms with van der Waals surface area (Å²) in [5.74, 6) is -0.273. The van der Waals surface area contributed by atoms with E-state index in [0.717, 1.165) is 30.8 Å². The fourth-order valence-electron chi connectivity index (χ4n) is 3.08. The summed E-state index contributed by atoms with van der Waals surface area (Å²) in [5.41, 5.74) is 3.05. The molecule has 4 nitrogen and oxygen atoms in total. The van der Waals surface area contributed by atoms with Crippen molar-refractivity contribution in [3.63, 3.8) is 0 Å². The van der Waals surface area contributed by atoms with Crippen molar-refractivity contribution in [1.29, 1.82) is 0 Å². The SMILES string of the molecule is CC1CNCCN1c1nc2cc(Cl)cc(-c3ccc(F)cc3)c2o1. The van der Waals surface area contributed by atoms with E-state index in [-0.39, 0.29) is 5.82 Å². The minimum absolute atomic E-state index is 0.273. The summed E-state index contributed by atoms with van der Waals surface area (Å²) in [7, 11) is 0. The van der Waals surface area contributed by atoms with Crippen LogP contribution in [0.5, 0.6) is 0 Å². The smallest absolute Gasteiger partial charge is 0.298 e. The number of fused-ring (bicyclic) bond motifs is 1. The number of benzene rings is 2. The van der Waals surface area contributed by atoms with Gasteiger partial charge in [-0.3, -0.25) is 0 Å². The van der Waals surface area contributed by atoms with Crippen LogP contribution in [0.2, 0.25) is 5.02 Å². The number of rotatable bonds is 2. The van der Waals surface area contributed by atoms with Crippen LogP contribution in [0.3, 0.4) is 0 Å². The fourth-order valence-corrected chi connectivity index (χ4v) is 3.29. The second-order valence-corrected chi connectivity index (χ2v) is 6.49.